The number of para-hydroxylation sites is 1. The first-order valence-electron chi connectivity index (χ1n) is 4.90. The third kappa shape index (κ3) is 4.16. The molecule has 0 aliphatic heterocycles. The van der Waals surface area contributed by atoms with E-state index in [0.717, 1.165) is 0 Å². The lowest BCUT2D eigenvalue weighted by molar-refractivity contribution is 0.306. The highest BCUT2D eigenvalue weighted by atomic mass is 32.2. The van der Waals surface area contributed by atoms with E-state index in [1.165, 1.54) is 12.1 Å². The summed E-state index contributed by atoms with van der Waals surface area (Å²) in [6.45, 7) is 1.77. The highest BCUT2D eigenvalue weighted by molar-refractivity contribution is 7.89. The molecule has 0 saturated heterocycles. The maximum absolute atomic E-state index is 13.1. The standard InChI is InChI=1S/C10H14FNO3S/c1-2-16(13,14)12-7-8-15-10-6-4-3-5-9(10)11/h3-6,12H,2,7-8H2,1H3. The van der Waals surface area contributed by atoms with Crippen molar-refractivity contribution in [2.75, 3.05) is 18.9 Å². The summed E-state index contributed by atoms with van der Waals surface area (Å²) in [5.41, 5.74) is 0. The summed E-state index contributed by atoms with van der Waals surface area (Å²) in [6, 6.07) is 5.98. The van der Waals surface area contributed by atoms with Gasteiger partial charge in [-0.05, 0) is 19.1 Å². The fourth-order valence-electron chi connectivity index (χ4n) is 1.02. The monoisotopic (exact) mass is 247 g/mol. The summed E-state index contributed by atoms with van der Waals surface area (Å²) in [5.74, 6) is -0.314. The molecule has 0 saturated carbocycles. The Hall–Kier alpha value is -1.14. The van der Waals surface area contributed by atoms with Crippen molar-refractivity contribution < 1.29 is 17.5 Å². The molecule has 1 rings (SSSR count). The van der Waals surface area contributed by atoms with E-state index in [1.54, 1.807) is 19.1 Å². The van der Waals surface area contributed by atoms with Crippen molar-refractivity contribution >= 4 is 10.0 Å². The summed E-state index contributed by atoms with van der Waals surface area (Å²) in [6.07, 6.45) is 0. The van der Waals surface area contributed by atoms with Crippen molar-refractivity contribution in [2.45, 2.75) is 6.92 Å². The lowest BCUT2D eigenvalue weighted by atomic mass is 10.3. The van der Waals surface area contributed by atoms with E-state index >= 15 is 0 Å². The first-order chi connectivity index (χ1) is 7.55. The van der Waals surface area contributed by atoms with E-state index in [1.807, 2.05) is 0 Å². The second-order valence-corrected chi connectivity index (χ2v) is 5.17. The first kappa shape index (κ1) is 12.9. The highest BCUT2D eigenvalue weighted by Gasteiger charge is 2.05. The summed E-state index contributed by atoms with van der Waals surface area (Å²) < 4.78 is 42.5. The van der Waals surface area contributed by atoms with Gasteiger partial charge in [-0.2, -0.15) is 0 Å². The van der Waals surface area contributed by atoms with Crippen LogP contribution < -0.4 is 9.46 Å². The fourth-order valence-corrected chi connectivity index (χ4v) is 1.62. The van der Waals surface area contributed by atoms with Crippen LogP contribution in [0.15, 0.2) is 24.3 Å². The van der Waals surface area contributed by atoms with Crippen molar-refractivity contribution in [1.29, 1.82) is 0 Å². The van der Waals surface area contributed by atoms with E-state index in [0.29, 0.717) is 0 Å². The van der Waals surface area contributed by atoms with Crippen LogP contribution in [0.3, 0.4) is 0 Å². The third-order valence-electron chi connectivity index (χ3n) is 1.90. The Balaban J connectivity index is 2.35. The van der Waals surface area contributed by atoms with Crippen LogP contribution in [-0.2, 0) is 10.0 Å². The molecule has 6 heteroatoms. The molecule has 4 nitrogen and oxygen atoms in total. The van der Waals surface area contributed by atoms with Crippen LogP contribution >= 0.6 is 0 Å². The zero-order valence-electron chi connectivity index (χ0n) is 8.94. The Morgan fingerprint density at radius 2 is 2.06 bits per heavy atom. The minimum Gasteiger partial charge on any atom is -0.489 e. The van der Waals surface area contributed by atoms with Crippen molar-refractivity contribution in [3.63, 3.8) is 0 Å². The van der Waals surface area contributed by atoms with Crippen LogP contribution in [0, 0.1) is 5.82 Å². The number of hydrogen-bond donors (Lipinski definition) is 1. The second-order valence-electron chi connectivity index (χ2n) is 3.08. The number of sulfonamides is 1. The molecule has 0 aliphatic carbocycles. The first-order valence-corrected chi connectivity index (χ1v) is 6.55. The largest absolute Gasteiger partial charge is 0.489 e. The lowest BCUT2D eigenvalue weighted by Gasteiger charge is -2.07. The summed E-state index contributed by atoms with van der Waals surface area (Å²) in [4.78, 5) is 0. The van der Waals surface area contributed by atoms with Crippen molar-refractivity contribution in [3.05, 3.63) is 30.1 Å². The zero-order chi connectivity index (χ0) is 12.0. The van der Waals surface area contributed by atoms with Crippen LogP contribution in [0.1, 0.15) is 6.92 Å². The predicted octanol–water partition coefficient (Wildman–Crippen LogP) is 1.14. The molecule has 0 atom stereocenters. The van der Waals surface area contributed by atoms with E-state index in [2.05, 4.69) is 4.72 Å². The summed E-state index contributed by atoms with van der Waals surface area (Å²) in [7, 11) is -3.21. The normalized spacial score (nSPS) is 11.4. The average Bonchev–Trinajstić information content (AvgIpc) is 2.27. The topological polar surface area (TPSA) is 55.4 Å². The van der Waals surface area contributed by atoms with Gasteiger partial charge in [0.25, 0.3) is 0 Å². The number of hydrogen-bond acceptors (Lipinski definition) is 3. The van der Waals surface area contributed by atoms with Gasteiger partial charge >= 0.3 is 0 Å². The Morgan fingerprint density at radius 1 is 1.38 bits per heavy atom. The number of ether oxygens (including phenoxy) is 1. The van der Waals surface area contributed by atoms with Crippen LogP contribution in [0.25, 0.3) is 0 Å². The maximum atomic E-state index is 13.1. The molecule has 1 aromatic carbocycles. The molecular weight excluding hydrogens is 233 g/mol. The van der Waals surface area contributed by atoms with Crippen molar-refractivity contribution in [3.8, 4) is 5.75 Å². The van der Waals surface area contributed by atoms with Crippen LogP contribution in [-0.4, -0.2) is 27.3 Å². The molecule has 0 bridgehead atoms. The predicted molar refractivity (Wildman–Crippen MR) is 59.4 cm³/mol. The molecule has 1 aromatic rings. The smallest absolute Gasteiger partial charge is 0.211 e. The highest BCUT2D eigenvalue weighted by Crippen LogP contribution is 2.14. The van der Waals surface area contributed by atoms with Crippen LogP contribution in [0.5, 0.6) is 5.75 Å². The molecular formula is C10H14FNO3S. The van der Waals surface area contributed by atoms with Crippen molar-refractivity contribution in [1.82, 2.24) is 4.72 Å². The number of rotatable bonds is 6. The average molecular weight is 247 g/mol. The van der Waals surface area contributed by atoms with E-state index in [4.69, 9.17) is 4.74 Å². The SMILES string of the molecule is CCS(=O)(=O)NCCOc1ccccc1F. The molecule has 90 valence electrons. The Morgan fingerprint density at radius 3 is 2.69 bits per heavy atom. The summed E-state index contributed by atoms with van der Waals surface area (Å²) in [5, 5.41) is 0. The van der Waals surface area contributed by atoms with Gasteiger partial charge in [0.15, 0.2) is 11.6 Å². The van der Waals surface area contributed by atoms with Gasteiger partial charge in [0.05, 0.1) is 5.75 Å². The van der Waals surface area contributed by atoms with Gasteiger partial charge in [0, 0.05) is 6.54 Å². The Kier molecular flexibility index (Phi) is 4.70. The van der Waals surface area contributed by atoms with Gasteiger partial charge in [-0.15, -0.1) is 0 Å². The fraction of sp³-hybridized carbons (Fsp3) is 0.400. The van der Waals surface area contributed by atoms with E-state index < -0.39 is 15.8 Å². The molecule has 0 aromatic heterocycles. The molecule has 0 aliphatic rings. The van der Waals surface area contributed by atoms with E-state index in [-0.39, 0.29) is 24.7 Å². The molecule has 0 heterocycles. The zero-order valence-corrected chi connectivity index (χ0v) is 9.76. The molecule has 1 N–H and O–H groups in total. The van der Waals surface area contributed by atoms with Gasteiger partial charge in [0.2, 0.25) is 10.0 Å². The number of benzene rings is 1. The van der Waals surface area contributed by atoms with Gasteiger partial charge in [-0.3, -0.25) is 0 Å². The van der Waals surface area contributed by atoms with Gasteiger partial charge < -0.3 is 4.74 Å². The molecule has 0 fully saturated rings. The second kappa shape index (κ2) is 5.81. The Labute approximate surface area is 94.5 Å². The third-order valence-corrected chi connectivity index (χ3v) is 3.30. The Bertz CT molecular complexity index is 433. The molecule has 0 spiro atoms. The van der Waals surface area contributed by atoms with E-state index in [9.17, 15) is 12.8 Å². The molecule has 0 unspecified atom stereocenters. The van der Waals surface area contributed by atoms with Gasteiger partial charge in [0.1, 0.15) is 6.61 Å². The number of nitrogens with one attached hydrogen (secondary N) is 1. The van der Waals surface area contributed by atoms with Gasteiger partial charge in [-0.25, -0.2) is 17.5 Å². The van der Waals surface area contributed by atoms with Crippen LogP contribution in [0.2, 0.25) is 0 Å². The van der Waals surface area contributed by atoms with Gasteiger partial charge in [-0.1, -0.05) is 12.1 Å². The minimum absolute atomic E-state index is 0.0205. The number of halogens is 1. The summed E-state index contributed by atoms with van der Waals surface area (Å²) >= 11 is 0. The lowest BCUT2D eigenvalue weighted by Crippen LogP contribution is -2.29. The van der Waals surface area contributed by atoms with Crippen LogP contribution in [0.4, 0.5) is 4.39 Å². The quantitative estimate of drug-likeness (QED) is 0.767. The molecule has 0 radical (unpaired) electrons. The maximum Gasteiger partial charge on any atom is 0.211 e. The minimum atomic E-state index is -3.21. The molecule has 0 amide bonds. The molecule has 16 heavy (non-hydrogen) atoms. The van der Waals surface area contributed by atoms with Crippen molar-refractivity contribution in [2.24, 2.45) is 0 Å².